The highest BCUT2D eigenvalue weighted by Gasteiger charge is 2.27. The summed E-state index contributed by atoms with van der Waals surface area (Å²) in [5.74, 6) is -6.22. The van der Waals surface area contributed by atoms with E-state index >= 15 is 0 Å². The van der Waals surface area contributed by atoms with Crippen molar-refractivity contribution in [2.75, 3.05) is 0 Å². The maximum Gasteiger partial charge on any atom is 0.342 e. The maximum absolute atomic E-state index is 13.1. The number of benzene rings is 3. The second-order valence-corrected chi connectivity index (χ2v) is 12.6. The van der Waals surface area contributed by atoms with Gasteiger partial charge in [-0.1, -0.05) is 0 Å². The van der Waals surface area contributed by atoms with Gasteiger partial charge in [0, 0.05) is 37.5 Å². The number of hydrogen-bond acceptors (Lipinski definition) is 15. The Bertz CT molecular complexity index is 1790. The number of phenolic OH excluding ortho intramolecular Hbond substituents is 6. The molecule has 0 spiro atoms. The van der Waals surface area contributed by atoms with Gasteiger partial charge in [0.1, 0.15) is 75.8 Å². The summed E-state index contributed by atoms with van der Waals surface area (Å²) in [6.45, 7) is 7.17. The van der Waals surface area contributed by atoms with Crippen LogP contribution in [0.3, 0.4) is 0 Å². The average molecular weight is 727 g/mol. The van der Waals surface area contributed by atoms with Gasteiger partial charge in [-0.2, -0.15) is 0 Å². The first kappa shape index (κ1) is 40.4. The molecule has 3 aromatic rings. The first-order chi connectivity index (χ1) is 24.3. The van der Waals surface area contributed by atoms with Crippen LogP contribution < -0.4 is 0 Å². The number of ketones is 1. The van der Waals surface area contributed by atoms with Crippen molar-refractivity contribution >= 4 is 29.7 Å². The van der Waals surface area contributed by atoms with Crippen LogP contribution in [0.1, 0.15) is 84.9 Å². The summed E-state index contributed by atoms with van der Waals surface area (Å²) in [6.07, 6.45) is -4.70. The molecule has 3 aromatic carbocycles. The Labute approximate surface area is 299 Å². The fraction of sp³-hybridized carbons (Fsp3) is 0.378. The van der Waals surface area contributed by atoms with Crippen LogP contribution in [0, 0.1) is 0 Å². The lowest BCUT2D eigenvalue weighted by atomic mass is 10.00. The molecular weight excluding hydrogens is 684 g/mol. The molecule has 0 heterocycles. The number of ether oxygens (including phenoxy) is 4. The molecule has 0 aliphatic carbocycles. The number of hydrogen-bond donors (Lipinski definition) is 6. The van der Waals surface area contributed by atoms with E-state index in [0.717, 1.165) is 24.3 Å². The molecule has 0 aromatic heterocycles. The number of carbonyl (C=O) groups is 5. The molecule has 4 unspecified atom stereocenters. The van der Waals surface area contributed by atoms with Gasteiger partial charge in [-0.15, -0.1) is 0 Å². The van der Waals surface area contributed by atoms with Gasteiger partial charge < -0.3 is 49.6 Å². The highest BCUT2D eigenvalue weighted by atomic mass is 16.6. The Hall–Kier alpha value is -5.99. The van der Waals surface area contributed by atoms with E-state index in [1.165, 1.54) is 45.9 Å². The van der Waals surface area contributed by atoms with Crippen LogP contribution in [-0.2, 0) is 52.6 Å². The van der Waals surface area contributed by atoms with Crippen LogP contribution >= 0.6 is 0 Å². The van der Waals surface area contributed by atoms with E-state index < -0.39 is 72.0 Å². The molecule has 0 bridgehead atoms. The normalized spacial score (nSPS) is 13.2. The first-order valence-corrected chi connectivity index (χ1v) is 16.2. The zero-order chi connectivity index (χ0) is 38.9. The van der Waals surface area contributed by atoms with Crippen molar-refractivity contribution in [3.63, 3.8) is 0 Å². The summed E-state index contributed by atoms with van der Waals surface area (Å²) in [4.78, 5) is 62.8. The molecule has 280 valence electrons. The van der Waals surface area contributed by atoms with Gasteiger partial charge in [-0.3, -0.25) is 14.4 Å². The highest BCUT2D eigenvalue weighted by molar-refractivity contribution is 5.96. The lowest BCUT2D eigenvalue weighted by Crippen LogP contribution is -2.25. The third kappa shape index (κ3) is 12.1. The molecule has 0 aliphatic heterocycles. The van der Waals surface area contributed by atoms with Crippen LogP contribution in [0.2, 0.25) is 0 Å². The fourth-order valence-corrected chi connectivity index (χ4v) is 5.46. The zero-order valence-corrected chi connectivity index (χ0v) is 29.2. The molecule has 4 atom stereocenters. The number of rotatable bonds is 16. The van der Waals surface area contributed by atoms with Crippen molar-refractivity contribution < 1.29 is 73.6 Å². The Kier molecular flexibility index (Phi) is 13.8. The van der Waals surface area contributed by atoms with Gasteiger partial charge in [0.2, 0.25) is 0 Å². The summed E-state index contributed by atoms with van der Waals surface area (Å²) in [5.41, 5.74) is -0.0544. The molecule has 15 heteroatoms. The molecule has 0 saturated carbocycles. The topological polar surface area (TPSA) is 244 Å². The second kappa shape index (κ2) is 17.8. The molecule has 6 N–H and O–H groups in total. The van der Waals surface area contributed by atoms with Gasteiger partial charge in [0.05, 0.1) is 12.8 Å². The van der Waals surface area contributed by atoms with Crippen molar-refractivity contribution in [1.82, 2.24) is 0 Å². The predicted molar refractivity (Wildman–Crippen MR) is 181 cm³/mol. The Morgan fingerprint density at radius 3 is 1.38 bits per heavy atom. The fourth-order valence-electron chi connectivity index (χ4n) is 5.46. The largest absolute Gasteiger partial charge is 0.508 e. The Morgan fingerprint density at radius 1 is 0.519 bits per heavy atom. The summed E-state index contributed by atoms with van der Waals surface area (Å²) in [5, 5.41) is 59.9. The number of aromatic hydroxyl groups is 6. The Balaban J connectivity index is 1.58. The SMILES string of the molecule is CC(=O)Cc1cc(O)cc(O)c1C(=O)OC(C)CC(=O)OC(C)Cc1cc(O)cc(O)c1C(=O)OC(C)CC(=O)OC(C)Cc1cc(O)cc(O)c1. The van der Waals surface area contributed by atoms with Crippen LogP contribution in [0.5, 0.6) is 34.5 Å². The van der Waals surface area contributed by atoms with Crippen LogP contribution in [0.25, 0.3) is 0 Å². The highest BCUT2D eigenvalue weighted by Crippen LogP contribution is 2.31. The Morgan fingerprint density at radius 2 is 0.923 bits per heavy atom. The van der Waals surface area contributed by atoms with Crippen LogP contribution in [0.15, 0.2) is 42.5 Å². The molecule has 0 saturated heterocycles. The van der Waals surface area contributed by atoms with Gasteiger partial charge >= 0.3 is 23.9 Å². The minimum atomic E-state index is -1.06. The number of Topliss-reactive ketones (excluding diaryl/α,β-unsaturated/α-hetero) is 1. The van der Waals surface area contributed by atoms with Gasteiger partial charge in [-0.05, 0) is 75.6 Å². The molecule has 52 heavy (non-hydrogen) atoms. The van der Waals surface area contributed by atoms with E-state index in [2.05, 4.69) is 0 Å². The van der Waals surface area contributed by atoms with E-state index in [-0.39, 0.29) is 71.0 Å². The minimum Gasteiger partial charge on any atom is -0.508 e. The summed E-state index contributed by atoms with van der Waals surface area (Å²) in [7, 11) is 0. The summed E-state index contributed by atoms with van der Waals surface area (Å²) < 4.78 is 21.4. The van der Waals surface area contributed by atoms with Crippen LogP contribution in [0.4, 0.5) is 0 Å². The molecule has 3 rings (SSSR count). The average Bonchev–Trinajstić information content (AvgIpc) is 2.94. The van der Waals surface area contributed by atoms with Gasteiger partial charge in [-0.25, -0.2) is 9.59 Å². The number of phenols is 6. The molecule has 0 fully saturated rings. The lowest BCUT2D eigenvalue weighted by molar-refractivity contribution is -0.151. The molecule has 0 amide bonds. The third-order valence-corrected chi connectivity index (χ3v) is 7.40. The van der Waals surface area contributed by atoms with E-state index in [9.17, 15) is 54.6 Å². The summed E-state index contributed by atoms with van der Waals surface area (Å²) in [6, 6.07) is 8.14. The first-order valence-electron chi connectivity index (χ1n) is 16.2. The van der Waals surface area contributed by atoms with Crippen molar-refractivity contribution in [1.29, 1.82) is 0 Å². The minimum absolute atomic E-state index is 0.0370. The van der Waals surface area contributed by atoms with E-state index in [1.807, 2.05) is 0 Å². The molecular formula is C37H42O15. The van der Waals surface area contributed by atoms with E-state index in [0.29, 0.717) is 5.56 Å². The second-order valence-electron chi connectivity index (χ2n) is 12.6. The van der Waals surface area contributed by atoms with Gasteiger partial charge in [0.15, 0.2) is 0 Å². The summed E-state index contributed by atoms with van der Waals surface area (Å²) >= 11 is 0. The zero-order valence-electron chi connectivity index (χ0n) is 29.2. The van der Waals surface area contributed by atoms with Crippen molar-refractivity contribution in [2.45, 2.75) is 91.1 Å². The van der Waals surface area contributed by atoms with Crippen molar-refractivity contribution in [3.8, 4) is 34.5 Å². The number of carbonyl (C=O) groups excluding carboxylic acids is 5. The predicted octanol–water partition coefficient (Wildman–Crippen LogP) is 4.27. The smallest absolute Gasteiger partial charge is 0.342 e. The maximum atomic E-state index is 13.1. The molecule has 15 nitrogen and oxygen atoms in total. The van der Waals surface area contributed by atoms with E-state index in [1.54, 1.807) is 6.92 Å². The lowest BCUT2D eigenvalue weighted by Gasteiger charge is -2.20. The molecule has 0 radical (unpaired) electrons. The number of esters is 4. The van der Waals surface area contributed by atoms with Crippen molar-refractivity contribution in [3.05, 3.63) is 70.3 Å². The van der Waals surface area contributed by atoms with E-state index in [4.69, 9.17) is 18.9 Å². The van der Waals surface area contributed by atoms with Crippen LogP contribution in [-0.4, -0.2) is 84.7 Å². The quantitative estimate of drug-likeness (QED) is 0.0892. The van der Waals surface area contributed by atoms with Crippen molar-refractivity contribution in [2.24, 2.45) is 0 Å². The van der Waals surface area contributed by atoms with Gasteiger partial charge in [0.25, 0.3) is 0 Å². The monoisotopic (exact) mass is 726 g/mol. The standard InChI is InChI=1S/C37H42O15/c1-18(38)6-24-13-28(41)16-30(43)34(24)36(47)51-22(5)10-33(46)50-20(3)8-25-14-29(42)17-31(44)35(25)37(48)52-21(4)9-32(45)49-19(2)7-23-11-26(39)15-27(40)12-23/h11-17,19-22,39-44H,6-10H2,1-5H3. The third-order valence-electron chi connectivity index (χ3n) is 7.40. The molecule has 0 aliphatic rings.